The van der Waals surface area contributed by atoms with E-state index in [9.17, 15) is 9.90 Å². The quantitative estimate of drug-likeness (QED) is 0.935. The van der Waals surface area contributed by atoms with Crippen LogP contribution in [0.25, 0.3) is 0 Å². The molecule has 0 saturated heterocycles. The molecule has 2 heterocycles. The molecule has 0 bridgehead atoms. The van der Waals surface area contributed by atoms with E-state index in [-0.39, 0.29) is 5.69 Å². The molecule has 1 aliphatic rings. The van der Waals surface area contributed by atoms with E-state index in [1.54, 1.807) is 13.4 Å². The average molecular weight is 301 g/mol. The van der Waals surface area contributed by atoms with Gasteiger partial charge in [-0.25, -0.2) is 9.78 Å². The number of carbonyl (C=O) groups is 1. The third-order valence-electron chi connectivity index (χ3n) is 4.13. The highest BCUT2D eigenvalue weighted by molar-refractivity contribution is 5.86. The fraction of sp³-hybridized carbons (Fsp3) is 0.375. The molecule has 2 aromatic rings. The molecule has 3 rings (SSSR count). The maximum absolute atomic E-state index is 11.2. The van der Waals surface area contributed by atoms with Crippen LogP contribution < -0.4 is 4.74 Å². The molecule has 0 radical (unpaired) electrons. The topological polar surface area (TPSA) is 67.6 Å². The second kappa shape index (κ2) is 5.81. The Hall–Kier alpha value is -2.34. The number of aromatic carboxylic acids is 1. The third kappa shape index (κ3) is 2.69. The first-order chi connectivity index (χ1) is 10.6. The highest BCUT2D eigenvalue weighted by atomic mass is 16.5. The zero-order valence-corrected chi connectivity index (χ0v) is 12.7. The lowest BCUT2D eigenvalue weighted by Gasteiger charge is -2.34. The number of imidazole rings is 1. The molecule has 1 N–H and O–H groups in total. The Morgan fingerprint density at radius 1 is 1.41 bits per heavy atom. The molecular weight excluding hydrogens is 282 g/mol. The first-order valence-corrected chi connectivity index (χ1v) is 7.22. The lowest BCUT2D eigenvalue weighted by molar-refractivity contribution is 0.0683. The van der Waals surface area contributed by atoms with Crippen molar-refractivity contribution in [3.05, 3.63) is 47.5 Å². The van der Waals surface area contributed by atoms with Crippen molar-refractivity contribution >= 4 is 5.97 Å². The van der Waals surface area contributed by atoms with Gasteiger partial charge in [-0.1, -0.05) is 12.1 Å². The Balaban J connectivity index is 1.79. The number of fused-ring (bicyclic) bond motifs is 1. The molecule has 0 saturated carbocycles. The van der Waals surface area contributed by atoms with Crippen molar-refractivity contribution in [1.82, 2.24) is 14.5 Å². The van der Waals surface area contributed by atoms with Gasteiger partial charge in [-0.3, -0.25) is 4.90 Å². The summed E-state index contributed by atoms with van der Waals surface area (Å²) in [5.41, 5.74) is 2.11. The Morgan fingerprint density at radius 3 is 2.77 bits per heavy atom. The highest BCUT2D eigenvalue weighted by Gasteiger charge is 2.27. The van der Waals surface area contributed by atoms with E-state index >= 15 is 0 Å². The molecule has 6 nitrogen and oxygen atoms in total. The minimum absolute atomic E-state index is 0.159. The van der Waals surface area contributed by atoms with E-state index < -0.39 is 5.97 Å². The van der Waals surface area contributed by atoms with Crippen molar-refractivity contribution in [2.75, 3.05) is 7.11 Å². The number of carboxylic acids is 1. The molecule has 22 heavy (non-hydrogen) atoms. The highest BCUT2D eigenvalue weighted by Crippen LogP contribution is 2.23. The molecule has 0 fully saturated rings. The van der Waals surface area contributed by atoms with E-state index in [4.69, 9.17) is 4.74 Å². The smallest absolute Gasteiger partial charge is 0.356 e. The van der Waals surface area contributed by atoms with Crippen LogP contribution in [0.3, 0.4) is 0 Å². The van der Waals surface area contributed by atoms with Gasteiger partial charge in [0.1, 0.15) is 5.75 Å². The van der Waals surface area contributed by atoms with E-state index in [0.717, 1.165) is 24.5 Å². The molecule has 6 heteroatoms. The Morgan fingerprint density at radius 2 is 2.14 bits per heavy atom. The van der Waals surface area contributed by atoms with Crippen LogP contribution >= 0.6 is 0 Å². The fourth-order valence-electron chi connectivity index (χ4n) is 2.83. The number of ether oxygens (including phenoxy) is 1. The van der Waals surface area contributed by atoms with E-state index in [0.29, 0.717) is 12.6 Å². The normalized spacial score (nSPS) is 18.0. The molecule has 1 aromatic heterocycles. The molecule has 1 aliphatic heterocycles. The summed E-state index contributed by atoms with van der Waals surface area (Å²) in [6.07, 6.45) is 1.63. The SMILES string of the molecule is COc1ccc(CN2Cc3c(C(=O)O)ncn3C[C@@H]2C)cc1. The van der Waals surface area contributed by atoms with Crippen LogP contribution in [0.5, 0.6) is 5.75 Å². The number of methoxy groups -OCH3 is 1. The van der Waals surface area contributed by atoms with E-state index in [1.165, 1.54) is 5.56 Å². The zero-order chi connectivity index (χ0) is 15.7. The van der Waals surface area contributed by atoms with E-state index in [2.05, 4.69) is 16.8 Å². The summed E-state index contributed by atoms with van der Waals surface area (Å²) >= 11 is 0. The van der Waals surface area contributed by atoms with Gasteiger partial charge in [0.15, 0.2) is 5.69 Å². The number of hydrogen-bond acceptors (Lipinski definition) is 4. The second-order valence-corrected chi connectivity index (χ2v) is 5.60. The predicted molar refractivity (Wildman–Crippen MR) is 80.9 cm³/mol. The van der Waals surface area contributed by atoms with Gasteiger partial charge >= 0.3 is 5.97 Å². The fourth-order valence-corrected chi connectivity index (χ4v) is 2.83. The van der Waals surface area contributed by atoms with Crippen LogP contribution in [0.15, 0.2) is 30.6 Å². The molecule has 0 unspecified atom stereocenters. The van der Waals surface area contributed by atoms with Gasteiger partial charge < -0.3 is 14.4 Å². The third-order valence-corrected chi connectivity index (χ3v) is 4.13. The van der Waals surface area contributed by atoms with Gasteiger partial charge in [0, 0.05) is 25.7 Å². The Labute approximate surface area is 129 Å². The van der Waals surface area contributed by atoms with Crippen molar-refractivity contribution < 1.29 is 14.6 Å². The van der Waals surface area contributed by atoms with Crippen LogP contribution in [0.2, 0.25) is 0 Å². The monoisotopic (exact) mass is 301 g/mol. The maximum Gasteiger partial charge on any atom is 0.356 e. The van der Waals surface area contributed by atoms with Gasteiger partial charge in [0.25, 0.3) is 0 Å². The predicted octanol–water partition coefficient (Wildman–Crippen LogP) is 1.99. The summed E-state index contributed by atoms with van der Waals surface area (Å²) < 4.78 is 7.11. The van der Waals surface area contributed by atoms with Crippen molar-refractivity contribution in [3.8, 4) is 5.75 Å². The molecule has 0 spiro atoms. The maximum atomic E-state index is 11.2. The number of nitrogens with zero attached hydrogens (tertiary/aromatic N) is 3. The summed E-state index contributed by atoms with van der Waals surface area (Å²) in [7, 11) is 1.65. The van der Waals surface area contributed by atoms with Crippen LogP contribution in [0.1, 0.15) is 28.7 Å². The van der Waals surface area contributed by atoms with Gasteiger partial charge in [0.05, 0.1) is 19.1 Å². The molecule has 1 atom stereocenters. The van der Waals surface area contributed by atoms with Gasteiger partial charge in [0.2, 0.25) is 0 Å². The zero-order valence-electron chi connectivity index (χ0n) is 12.7. The molecular formula is C16H19N3O3. The van der Waals surface area contributed by atoms with Crippen LogP contribution in [0, 0.1) is 0 Å². The molecule has 1 aromatic carbocycles. The van der Waals surface area contributed by atoms with Crippen molar-refractivity contribution in [1.29, 1.82) is 0 Å². The number of rotatable bonds is 4. The minimum atomic E-state index is -0.965. The summed E-state index contributed by atoms with van der Waals surface area (Å²) in [5, 5.41) is 9.22. The van der Waals surface area contributed by atoms with Crippen LogP contribution in [-0.2, 0) is 19.6 Å². The number of benzene rings is 1. The first-order valence-electron chi connectivity index (χ1n) is 7.22. The number of hydrogen-bond donors (Lipinski definition) is 1. The van der Waals surface area contributed by atoms with Gasteiger partial charge in [-0.05, 0) is 24.6 Å². The Bertz CT molecular complexity index is 678. The molecule has 0 aliphatic carbocycles. The molecule has 116 valence electrons. The summed E-state index contributed by atoms with van der Waals surface area (Å²) in [6.45, 7) is 4.27. The largest absolute Gasteiger partial charge is 0.497 e. The van der Waals surface area contributed by atoms with Crippen molar-refractivity contribution in [2.24, 2.45) is 0 Å². The average Bonchev–Trinajstić information content (AvgIpc) is 2.91. The summed E-state index contributed by atoms with van der Waals surface area (Å²) in [6, 6.07) is 8.28. The summed E-state index contributed by atoms with van der Waals surface area (Å²) in [5.74, 6) is -0.130. The van der Waals surface area contributed by atoms with Crippen LogP contribution in [-0.4, -0.2) is 38.7 Å². The number of aromatic nitrogens is 2. The first kappa shape index (κ1) is 14.6. The van der Waals surface area contributed by atoms with E-state index in [1.807, 2.05) is 28.8 Å². The van der Waals surface area contributed by atoms with Gasteiger partial charge in [-0.2, -0.15) is 0 Å². The standard InChI is InChI=1S/C16H19N3O3/c1-11-7-19-10-17-15(16(20)21)14(19)9-18(11)8-12-3-5-13(22-2)6-4-12/h3-6,10-11H,7-9H2,1-2H3,(H,20,21)/t11-/m0/s1. The molecule has 0 amide bonds. The number of carboxylic acid groups (broad SMARTS) is 1. The second-order valence-electron chi connectivity index (χ2n) is 5.60. The minimum Gasteiger partial charge on any atom is -0.497 e. The van der Waals surface area contributed by atoms with Crippen molar-refractivity contribution in [2.45, 2.75) is 32.6 Å². The van der Waals surface area contributed by atoms with Crippen molar-refractivity contribution in [3.63, 3.8) is 0 Å². The van der Waals surface area contributed by atoms with Crippen LogP contribution in [0.4, 0.5) is 0 Å². The van der Waals surface area contributed by atoms with Gasteiger partial charge in [-0.15, -0.1) is 0 Å². The lowest BCUT2D eigenvalue weighted by Crippen LogP contribution is -2.40. The summed E-state index contributed by atoms with van der Waals surface area (Å²) in [4.78, 5) is 17.5. The Kier molecular flexibility index (Phi) is 3.85. The lowest BCUT2D eigenvalue weighted by atomic mass is 10.1.